The van der Waals surface area contributed by atoms with Crippen LogP contribution in [0.5, 0.6) is 0 Å². The van der Waals surface area contributed by atoms with Crippen LogP contribution in [0, 0.1) is 6.92 Å². The Morgan fingerprint density at radius 2 is 1.64 bits per heavy atom. The molecule has 0 aromatic heterocycles. The molecule has 28 heavy (non-hydrogen) atoms. The zero-order valence-corrected chi connectivity index (χ0v) is 16.9. The number of carbonyl (C=O) groups is 2. The summed E-state index contributed by atoms with van der Waals surface area (Å²) in [4.78, 5) is 24.1. The van der Waals surface area contributed by atoms with Crippen molar-refractivity contribution in [3.63, 3.8) is 0 Å². The molecule has 0 fully saturated rings. The number of anilines is 1. The van der Waals surface area contributed by atoms with Crippen molar-refractivity contribution < 1.29 is 22.7 Å². The average molecular weight is 404 g/mol. The fraction of sp³-hybridized carbons (Fsp3) is 0.300. The van der Waals surface area contributed by atoms with Crippen LogP contribution >= 0.6 is 0 Å². The van der Waals surface area contributed by atoms with Crippen LogP contribution in [0.3, 0.4) is 0 Å². The largest absolute Gasteiger partial charge is 0.452 e. The lowest BCUT2D eigenvalue weighted by Gasteiger charge is -2.14. The molecule has 2 aromatic rings. The van der Waals surface area contributed by atoms with Gasteiger partial charge in [0, 0.05) is 5.69 Å². The Morgan fingerprint density at radius 1 is 1.04 bits per heavy atom. The van der Waals surface area contributed by atoms with Gasteiger partial charge in [0.05, 0.1) is 4.90 Å². The molecular weight excluding hydrogens is 380 g/mol. The maximum atomic E-state index is 12.2. The third kappa shape index (κ3) is 6.17. The van der Waals surface area contributed by atoms with Gasteiger partial charge in [0.25, 0.3) is 5.91 Å². The highest BCUT2D eigenvalue weighted by Crippen LogP contribution is 2.11. The lowest BCUT2D eigenvalue weighted by Crippen LogP contribution is -2.35. The quantitative estimate of drug-likeness (QED) is 0.658. The van der Waals surface area contributed by atoms with E-state index in [2.05, 4.69) is 10.0 Å². The van der Waals surface area contributed by atoms with E-state index in [0.29, 0.717) is 5.69 Å². The van der Waals surface area contributed by atoms with Crippen LogP contribution in [0.4, 0.5) is 5.69 Å². The molecule has 1 atom stereocenters. The fourth-order valence-electron chi connectivity index (χ4n) is 2.31. The standard InChI is InChI=1S/C20H24N2O5S/c1-4-16-7-9-17(10-8-16)22-20(24)15(3)27-19(23)13-21-28(25,26)18-11-5-14(2)6-12-18/h5-12,15,21H,4,13H2,1-3H3,(H,22,24)/t15-/m1/s1. The van der Waals surface area contributed by atoms with E-state index in [1.54, 1.807) is 24.3 Å². The van der Waals surface area contributed by atoms with Gasteiger partial charge in [0.15, 0.2) is 6.10 Å². The number of benzene rings is 2. The SMILES string of the molecule is CCc1ccc(NC(=O)[C@@H](C)OC(=O)CNS(=O)(=O)c2ccc(C)cc2)cc1. The summed E-state index contributed by atoms with van der Waals surface area (Å²) in [7, 11) is -3.83. The lowest BCUT2D eigenvalue weighted by atomic mass is 10.1. The highest BCUT2D eigenvalue weighted by atomic mass is 32.2. The summed E-state index contributed by atoms with van der Waals surface area (Å²) >= 11 is 0. The predicted molar refractivity (Wildman–Crippen MR) is 106 cm³/mol. The Balaban J connectivity index is 1.85. The average Bonchev–Trinajstić information content (AvgIpc) is 2.67. The lowest BCUT2D eigenvalue weighted by molar-refractivity contribution is -0.151. The molecule has 0 aliphatic heterocycles. The minimum absolute atomic E-state index is 0.0483. The fourth-order valence-corrected chi connectivity index (χ4v) is 3.28. The number of hydrogen-bond acceptors (Lipinski definition) is 5. The predicted octanol–water partition coefficient (Wildman–Crippen LogP) is 2.41. The second kappa shape index (κ2) is 9.48. The molecule has 0 saturated carbocycles. The highest BCUT2D eigenvalue weighted by molar-refractivity contribution is 7.89. The number of aryl methyl sites for hydroxylation is 2. The summed E-state index contributed by atoms with van der Waals surface area (Å²) in [6.45, 7) is 4.72. The van der Waals surface area contributed by atoms with Crippen molar-refractivity contribution in [2.24, 2.45) is 0 Å². The number of ether oxygens (including phenoxy) is 1. The van der Waals surface area contributed by atoms with E-state index in [4.69, 9.17) is 4.74 Å². The summed E-state index contributed by atoms with van der Waals surface area (Å²) in [6.07, 6.45) is -0.178. The van der Waals surface area contributed by atoms with Crippen molar-refractivity contribution in [3.05, 3.63) is 59.7 Å². The number of sulfonamides is 1. The van der Waals surface area contributed by atoms with Crippen LogP contribution in [0.15, 0.2) is 53.4 Å². The molecule has 1 amide bonds. The van der Waals surface area contributed by atoms with Gasteiger partial charge in [0.2, 0.25) is 10.0 Å². The van der Waals surface area contributed by atoms with E-state index < -0.39 is 34.5 Å². The number of hydrogen-bond donors (Lipinski definition) is 2. The molecule has 0 bridgehead atoms. The van der Waals surface area contributed by atoms with Crippen LogP contribution in [0.1, 0.15) is 25.0 Å². The molecule has 0 radical (unpaired) electrons. The maximum Gasteiger partial charge on any atom is 0.321 e. The van der Waals surface area contributed by atoms with Gasteiger partial charge in [-0.15, -0.1) is 0 Å². The van der Waals surface area contributed by atoms with Crippen molar-refractivity contribution in [3.8, 4) is 0 Å². The van der Waals surface area contributed by atoms with Gasteiger partial charge in [-0.3, -0.25) is 9.59 Å². The summed E-state index contributed by atoms with van der Waals surface area (Å²) < 4.78 is 31.5. The maximum absolute atomic E-state index is 12.2. The van der Waals surface area contributed by atoms with Crippen LogP contribution in [0.25, 0.3) is 0 Å². The second-order valence-corrected chi connectivity index (χ2v) is 8.08. The molecule has 0 unspecified atom stereocenters. The molecule has 2 rings (SSSR count). The number of carbonyl (C=O) groups excluding carboxylic acids is 2. The minimum Gasteiger partial charge on any atom is -0.452 e. The van der Waals surface area contributed by atoms with Gasteiger partial charge in [-0.1, -0.05) is 36.8 Å². The van der Waals surface area contributed by atoms with Gasteiger partial charge in [-0.25, -0.2) is 8.42 Å². The van der Waals surface area contributed by atoms with Crippen molar-refractivity contribution >= 4 is 27.6 Å². The van der Waals surface area contributed by atoms with Gasteiger partial charge in [-0.2, -0.15) is 4.72 Å². The Hall–Kier alpha value is -2.71. The van der Waals surface area contributed by atoms with Gasteiger partial charge in [0.1, 0.15) is 6.54 Å². The summed E-state index contributed by atoms with van der Waals surface area (Å²) in [5.41, 5.74) is 2.64. The topological polar surface area (TPSA) is 102 Å². The highest BCUT2D eigenvalue weighted by Gasteiger charge is 2.20. The van der Waals surface area contributed by atoms with E-state index >= 15 is 0 Å². The molecule has 0 aliphatic rings. The zero-order valence-electron chi connectivity index (χ0n) is 16.1. The first-order valence-electron chi connectivity index (χ1n) is 8.87. The smallest absolute Gasteiger partial charge is 0.321 e. The van der Waals surface area contributed by atoms with E-state index in [1.807, 2.05) is 26.0 Å². The summed E-state index contributed by atoms with van der Waals surface area (Å²) in [6, 6.07) is 13.5. The summed E-state index contributed by atoms with van der Waals surface area (Å²) in [5.74, 6) is -1.35. The third-order valence-electron chi connectivity index (χ3n) is 4.04. The van der Waals surface area contributed by atoms with Crippen molar-refractivity contribution in [2.75, 3.05) is 11.9 Å². The molecule has 0 saturated heterocycles. The van der Waals surface area contributed by atoms with Crippen molar-refractivity contribution in [1.82, 2.24) is 4.72 Å². The normalized spacial score (nSPS) is 12.2. The number of nitrogens with one attached hydrogen (secondary N) is 2. The first-order chi connectivity index (χ1) is 13.2. The molecule has 0 heterocycles. The van der Waals surface area contributed by atoms with Crippen LogP contribution in [-0.4, -0.2) is 32.9 Å². The van der Waals surface area contributed by atoms with E-state index in [0.717, 1.165) is 17.5 Å². The molecule has 150 valence electrons. The summed E-state index contributed by atoms with van der Waals surface area (Å²) in [5, 5.41) is 2.65. The van der Waals surface area contributed by atoms with Crippen LogP contribution in [0.2, 0.25) is 0 Å². The molecule has 8 heteroatoms. The van der Waals surface area contributed by atoms with E-state index in [9.17, 15) is 18.0 Å². The zero-order chi connectivity index (χ0) is 20.7. The van der Waals surface area contributed by atoms with Crippen LogP contribution < -0.4 is 10.0 Å². The molecule has 0 spiro atoms. The second-order valence-electron chi connectivity index (χ2n) is 6.31. The number of rotatable bonds is 8. The molecule has 7 nitrogen and oxygen atoms in total. The molecule has 2 aromatic carbocycles. The number of esters is 1. The van der Waals surface area contributed by atoms with Crippen molar-refractivity contribution in [1.29, 1.82) is 0 Å². The monoisotopic (exact) mass is 404 g/mol. The van der Waals surface area contributed by atoms with E-state index in [-0.39, 0.29) is 4.90 Å². The van der Waals surface area contributed by atoms with Gasteiger partial charge in [-0.05, 0) is 50.1 Å². The van der Waals surface area contributed by atoms with Crippen molar-refractivity contribution in [2.45, 2.75) is 38.2 Å². The molecule has 0 aliphatic carbocycles. The Morgan fingerprint density at radius 3 is 2.21 bits per heavy atom. The Labute approximate surface area is 165 Å². The van der Waals surface area contributed by atoms with Crippen LogP contribution in [-0.2, 0) is 30.8 Å². The van der Waals surface area contributed by atoms with Gasteiger partial charge >= 0.3 is 5.97 Å². The van der Waals surface area contributed by atoms with Gasteiger partial charge < -0.3 is 10.1 Å². The Kier molecular flexibility index (Phi) is 7.31. The first kappa shape index (κ1) is 21.6. The minimum atomic E-state index is -3.83. The van der Waals surface area contributed by atoms with E-state index in [1.165, 1.54) is 19.1 Å². The first-order valence-corrected chi connectivity index (χ1v) is 10.3. The molecular formula is C20H24N2O5S. The molecule has 2 N–H and O–H groups in total. The number of amides is 1. The third-order valence-corrected chi connectivity index (χ3v) is 5.46. The Bertz CT molecular complexity index is 922.